The Kier molecular flexibility index (Phi) is 5.54. The third-order valence-corrected chi connectivity index (χ3v) is 4.49. The lowest BCUT2D eigenvalue weighted by Crippen LogP contribution is -2.35. The number of carbonyl (C=O) groups is 2. The largest absolute Gasteiger partial charge is 0.345 e. The molecule has 1 aromatic carbocycles. The summed E-state index contributed by atoms with van der Waals surface area (Å²) in [6, 6.07) is 12.3. The topological polar surface area (TPSA) is 75.0 Å². The normalized spacial score (nSPS) is 10.7. The van der Waals surface area contributed by atoms with Crippen molar-refractivity contribution < 1.29 is 9.59 Å². The molecule has 2 aromatic heterocycles. The first kappa shape index (κ1) is 19.3. The molecule has 0 bridgehead atoms. The fourth-order valence-corrected chi connectivity index (χ4v) is 2.90. The number of fused-ring (bicyclic) bond motifs is 1. The molecule has 7 nitrogen and oxygen atoms in total. The number of pyridine rings is 1. The summed E-state index contributed by atoms with van der Waals surface area (Å²) in [4.78, 5) is 44.9. The van der Waals surface area contributed by atoms with Crippen molar-refractivity contribution in [1.82, 2.24) is 19.2 Å². The third kappa shape index (κ3) is 3.78. The summed E-state index contributed by atoms with van der Waals surface area (Å²) in [6.45, 7) is 2.63. The molecule has 3 aromatic rings. The molecule has 7 heteroatoms. The van der Waals surface area contributed by atoms with Crippen LogP contribution in [0.5, 0.6) is 0 Å². The SMILES string of the molecule is CCN(Cc1ccc(C(=O)N(C)C)cc1)C(=O)c1cnc2ccccn2c1=O. The van der Waals surface area contributed by atoms with Gasteiger partial charge in [-0.05, 0) is 36.8 Å². The monoisotopic (exact) mass is 378 g/mol. The van der Waals surface area contributed by atoms with Gasteiger partial charge in [-0.3, -0.25) is 18.8 Å². The quantitative estimate of drug-likeness (QED) is 0.681. The van der Waals surface area contributed by atoms with Crippen molar-refractivity contribution in [3.63, 3.8) is 0 Å². The molecule has 3 rings (SSSR count). The van der Waals surface area contributed by atoms with Gasteiger partial charge in [0, 0.05) is 45.1 Å². The second kappa shape index (κ2) is 8.04. The molecule has 0 saturated carbocycles. The Balaban J connectivity index is 1.84. The highest BCUT2D eigenvalue weighted by Crippen LogP contribution is 2.11. The molecule has 0 atom stereocenters. The molecular weight excluding hydrogens is 356 g/mol. The van der Waals surface area contributed by atoms with E-state index >= 15 is 0 Å². The highest BCUT2D eigenvalue weighted by molar-refractivity contribution is 5.94. The molecule has 0 unspecified atom stereocenters. The zero-order valence-corrected chi connectivity index (χ0v) is 16.1. The predicted octanol–water partition coefficient (Wildman–Crippen LogP) is 2.06. The maximum atomic E-state index is 12.9. The number of aromatic nitrogens is 2. The van der Waals surface area contributed by atoms with E-state index in [-0.39, 0.29) is 22.9 Å². The zero-order chi connectivity index (χ0) is 20.3. The van der Waals surface area contributed by atoms with Crippen LogP contribution in [-0.4, -0.2) is 51.6 Å². The number of carbonyl (C=O) groups excluding carboxylic acids is 2. The smallest absolute Gasteiger partial charge is 0.270 e. The summed E-state index contributed by atoms with van der Waals surface area (Å²) in [6.07, 6.45) is 2.93. The number of nitrogens with zero attached hydrogens (tertiary/aromatic N) is 4. The van der Waals surface area contributed by atoms with E-state index in [1.54, 1.807) is 55.5 Å². The summed E-state index contributed by atoms with van der Waals surface area (Å²) in [5.74, 6) is -0.447. The van der Waals surface area contributed by atoms with Crippen molar-refractivity contribution in [3.8, 4) is 0 Å². The van der Waals surface area contributed by atoms with Crippen LogP contribution in [-0.2, 0) is 6.54 Å². The predicted molar refractivity (Wildman–Crippen MR) is 106 cm³/mol. The van der Waals surface area contributed by atoms with Crippen molar-refractivity contribution in [2.75, 3.05) is 20.6 Å². The second-order valence-corrected chi connectivity index (χ2v) is 6.62. The van der Waals surface area contributed by atoms with Crippen LogP contribution in [0.1, 0.15) is 33.2 Å². The highest BCUT2D eigenvalue weighted by atomic mass is 16.2. The molecular formula is C21H22N4O3. The van der Waals surface area contributed by atoms with Crippen LogP contribution in [0.3, 0.4) is 0 Å². The first-order chi connectivity index (χ1) is 13.4. The molecule has 0 aliphatic carbocycles. The standard InChI is InChI=1S/C21H22N4O3/c1-4-24(14-15-8-10-16(11-9-15)19(26)23(2)3)20(27)17-13-22-18-7-5-6-12-25(18)21(17)28/h5-13H,4,14H2,1-3H3. The molecule has 2 amide bonds. The van der Waals surface area contributed by atoms with Crippen molar-refractivity contribution in [2.24, 2.45) is 0 Å². The van der Waals surface area contributed by atoms with Gasteiger partial charge in [-0.25, -0.2) is 4.98 Å². The summed E-state index contributed by atoms with van der Waals surface area (Å²) >= 11 is 0. The van der Waals surface area contributed by atoms with E-state index in [1.807, 2.05) is 19.1 Å². The number of hydrogen-bond acceptors (Lipinski definition) is 4. The first-order valence-corrected chi connectivity index (χ1v) is 8.98. The van der Waals surface area contributed by atoms with Crippen molar-refractivity contribution in [3.05, 3.63) is 81.9 Å². The van der Waals surface area contributed by atoms with Crippen LogP contribution in [0.15, 0.2) is 59.7 Å². The Bertz CT molecular complexity index is 1070. The maximum Gasteiger partial charge on any atom is 0.270 e. The fourth-order valence-electron chi connectivity index (χ4n) is 2.90. The minimum Gasteiger partial charge on any atom is -0.345 e. The Morgan fingerprint density at radius 2 is 1.75 bits per heavy atom. The van der Waals surface area contributed by atoms with Gasteiger partial charge in [0.1, 0.15) is 11.2 Å². The lowest BCUT2D eigenvalue weighted by atomic mass is 10.1. The average molecular weight is 378 g/mol. The maximum absolute atomic E-state index is 12.9. The Morgan fingerprint density at radius 1 is 1.04 bits per heavy atom. The summed E-state index contributed by atoms with van der Waals surface area (Å²) in [5, 5.41) is 0. The lowest BCUT2D eigenvalue weighted by molar-refractivity contribution is 0.0749. The summed E-state index contributed by atoms with van der Waals surface area (Å²) in [5.41, 5.74) is 1.60. The third-order valence-electron chi connectivity index (χ3n) is 4.49. The van der Waals surface area contributed by atoms with Gasteiger partial charge in [0.2, 0.25) is 0 Å². The second-order valence-electron chi connectivity index (χ2n) is 6.62. The lowest BCUT2D eigenvalue weighted by Gasteiger charge is -2.21. The summed E-state index contributed by atoms with van der Waals surface area (Å²) < 4.78 is 1.36. The molecule has 0 fully saturated rings. The number of rotatable bonds is 5. The zero-order valence-electron chi connectivity index (χ0n) is 16.1. The van der Waals surface area contributed by atoms with Gasteiger partial charge in [-0.15, -0.1) is 0 Å². The molecule has 0 saturated heterocycles. The number of amides is 2. The van der Waals surface area contributed by atoms with Gasteiger partial charge in [0.15, 0.2) is 0 Å². The van der Waals surface area contributed by atoms with E-state index in [2.05, 4.69) is 4.98 Å². The highest BCUT2D eigenvalue weighted by Gasteiger charge is 2.19. The number of benzene rings is 1. The molecule has 0 aliphatic heterocycles. The van der Waals surface area contributed by atoms with E-state index in [0.717, 1.165) is 5.56 Å². The van der Waals surface area contributed by atoms with Gasteiger partial charge in [0.25, 0.3) is 17.4 Å². The van der Waals surface area contributed by atoms with E-state index in [0.29, 0.717) is 24.3 Å². The molecule has 0 spiro atoms. The van der Waals surface area contributed by atoms with Crippen LogP contribution in [0.2, 0.25) is 0 Å². The van der Waals surface area contributed by atoms with Crippen molar-refractivity contribution >= 4 is 17.5 Å². The van der Waals surface area contributed by atoms with Crippen LogP contribution >= 0.6 is 0 Å². The molecule has 2 heterocycles. The fraction of sp³-hybridized carbons (Fsp3) is 0.238. The van der Waals surface area contributed by atoms with Crippen LogP contribution in [0.4, 0.5) is 0 Å². The van der Waals surface area contributed by atoms with E-state index in [9.17, 15) is 14.4 Å². The first-order valence-electron chi connectivity index (χ1n) is 8.98. The molecule has 0 N–H and O–H groups in total. The van der Waals surface area contributed by atoms with Crippen molar-refractivity contribution in [1.29, 1.82) is 0 Å². The van der Waals surface area contributed by atoms with E-state index < -0.39 is 0 Å². The van der Waals surface area contributed by atoms with Crippen molar-refractivity contribution in [2.45, 2.75) is 13.5 Å². The van der Waals surface area contributed by atoms with Crippen LogP contribution in [0.25, 0.3) is 5.65 Å². The minimum absolute atomic E-state index is 0.0324. The number of hydrogen-bond donors (Lipinski definition) is 0. The molecule has 0 aliphatic rings. The minimum atomic E-state index is -0.388. The van der Waals surface area contributed by atoms with Crippen LogP contribution in [0, 0.1) is 0 Å². The van der Waals surface area contributed by atoms with E-state index in [4.69, 9.17) is 0 Å². The van der Waals surface area contributed by atoms with E-state index in [1.165, 1.54) is 15.5 Å². The van der Waals surface area contributed by atoms with Gasteiger partial charge < -0.3 is 9.80 Å². The molecule has 0 radical (unpaired) electrons. The van der Waals surface area contributed by atoms with Gasteiger partial charge >= 0.3 is 0 Å². The van der Waals surface area contributed by atoms with Gasteiger partial charge in [-0.1, -0.05) is 18.2 Å². The van der Waals surface area contributed by atoms with Crippen LogP contribution < -0.4 is 5.56 Å². The Morgan fingerprint density at radius 3 is 2.39 bits per heavy atom. The summed E-state index contributed by atoms with van der Waals surface area (Å²) in [7, 11) is 3.40. The molecule has 28 heavy (non-hydrogen) atoms. The Labute approximate surface area is 162 Å². The average Bonchev–Trinajstić information content (AvgIpc) is 2.72. The van der Waals surface area contributed by atoms with Gasteiger partial charge in [-0.2, -0.15) is 0 Å². The molecule has 144 valence electrons. The van der Waals surface area contributed by atoms with Gasteiger partial charge in [0.05, 0.1) is 0 Å². The Hall–Kier alpha value is -3.48.